The highest BCUT2D eigenvalue weighted by Crippen LogP contribution is 2.45. The number of anilines is 3. The van der Waals surface area contributed by atoms with Crippen molar-refractivity contribution in [2.24, 2.45) is 0 Å². The van der Waals surface area contributed by atoms with E-state index in [0.29, 0.717) is 33.2 Å². The Morgan fingerprint density at radius 3 is 1.83 bits per heavy atom. The molecule has 59 heavy (non-hydrogen) atoms. The predicted octanol–water partition coefficient (Wildman–Crippen LogP) is 15.8. The van der Waals surface area contributed by atoms with Crippen LogP contribution in [0.15, 0.2) is 222 Å². The van der Waals surface area contributed by atoms with Crippen LogP contribution in [0.4, 0.5) is 17.1 Å². The van der Waals surface area contributed by atoms with Gasteiger partial charge in [0.15, 0.2) is 0 Å². The molecule has 0 fully saturated rings. The first-order valence-corrected chi connectivity index (χ1v) is 19.0. The second-order valence-electron chi connectivity index (χ2n) is 14.1. The topological polar surface area (TPSA) is 21.3 Å². The summed E-state index contributed by atoms with van der Waals surface area (Å²) >= 11 is 0. The molecule has 0 amide bonds. The minimum absolute atomic E-state index is 0.0408. The van der Waals surface area contributed by atoms with Crippen molar-refractivity contribution in [3.05, 3.63) is 218 Å². The molecule has 10 aromatic carbocycles. The molecule has 0 saturated carbocycles. The molecule has 0 radical (unpaired) electrons. The average Bonchev–Trinajstić information content (AvgIpc) is 3.98. The Hall–Kier alpha value is -7.88. The van der Waals surface area contributed by atoms with E-state index in [1.807, 2.05) is 102 Å². The van der Waals surface area contributed by atoms with Gasteiger partial charge in [-0.1, -0.05) is 151 Å². The van der Waals surface area contributed by atoms with Gasteiger partial charge in [-0.25, -0.2) is 0 Å². The standard InChI is InChI=1S/C56H36N2O/c1-2-14-41-36-42(25-24-37(41)12-1)38-26-31-43(32-27-38)57(53-22-11-23-54-55(53)49-35-30-39-13-3-4-16-46(39)56(49)59-54)44-33-28-40(29-34-44)45-15-5-8-19-50(45)58-51-20-9-6-17-47(51)48-18-7-10-21-52(48)58/h1-36H/i1D,2D,12D,14D,24D,25D,26D,27D,28D,29D,31D,32D,33D,34D,36D. The van der Waals surface area contributed by atoms with Crippen molar-refractivity contribution in [3.63, 3.8) is 0 Å². The van der Waals surface area contributed by atoms with Crippen LogP contribution in [0.5, 0.6) is 0 Å². The molecule has 276 valence electrons. The Balaban J connectivity index is 1.16. The number of para-hydroxylation sites is 3. The van der Waals surface area contributed by atoms with Crippen LogP contribution >= 0.6 is 0 Å². The molecule has 0 aliphatic heterocycles. The van der Waals surface area contributed by atoms with Crippen molar-refractivity contribution in [2.45, 2.75) is 0 Å². The molecule has 2 heterocycles. The van der Waals surface area contributed by atoms with Crippen LogP contribution in [-0.4, -0.2) is 4.57 Å². The number of hydrogen-bond acceptors (Lipinski definition) is 2. The number of benzene rings is 10. The summed E-state index contributed by atoms with van der Waals surface area (Å²) in [5.74, 6) is 0. The predicted molar refractivity (Wildman–Crippen MR) is 249 cm³/mol. The van der Waals surface area contributed by atoms with Crippen LogP contribution in [0.3, 0.4) is 0 Å². The highest BCUT2D eigenvalue weighted by atomic mass is 16.3. The lowest BCUT2D eigenvalue weighted by Crippen LogP contribution is -2.10. The van der Waals surface area contributed by atoms with E-state index in [0.717, 1.165) is 32.6 Å². The lowest BCUT2D eigenvalue weighted by Gasteiger charge is -2.27. The molecular weight excluding hydrogens is 717 g/mol. The first-order chi connectivity index (χ1) is 35.5. The highest BCUT2D eigenvalue weighted by molar-refractivity contribution is 6.19. The third-order valence-corrected chi connectivity index (χ3v) is 10.8. The maximum absolute atomic E-state index is 9.94. The van der Waals surface area contributed by atoms with Crippen molar-refractivity contribution in [2.75, 3.05) is 4.90 Å². The number of rotatable bonds is 6. The van der Waals surface area contributed by atoms with Gasteiger partial charge in [-0.3, -0.25) is 0 Å². The van der Waals surface area contributed by atoms with Gasteiger partial charge >= 0.3 is 0 Å². The summed E-state index contributed by atoms with van der Waals surface area (Å²) in [6, 6.07) is 28.8. The third-order valence-electron chi connectivity index (χ3n) is 10.8. The zero-order valence-electron chi connectivity index (χ0n) is 45.9. The Kier molecular flexibility index (Phi) is 4.89. The Bertz CT molecular complexity index is 4360. The monoisotopic (exact) mass is 767 g/mol. The summed E-state index contributed by atoms with van der Waals surface area (Å²) in [5.41, 5.74) is 1.40. The fourth-order valence-corrected chi connectivity index (χ4v) is 8.14. The molecule has 0 aliphatic rings. The van der Waals surface area contributed by atoms with Crippen molar-refractivity contribution in [3.8, 4) is 27.9 Å². The minimum Gasteiger partial charge on any atom is -0.455 e. The molecule has 12 rings (SSSR count). The van der Waals surface area contributed by atoms with Gasteiger partial charge in [0.2, 0.25) is 0 Å². The Morgan fingerprint density at radius 1 is 0.441 bits per heavy atom. The van der Waals surface area contributed by atoms with Gasteiger partial charge in [0.1, 0.15) is 11.2 Å². The molecule has 3 nitrogen and oxygen atoms in total. The molecular formula is C56H36N2O. The Morgan fingerprint density at radius 2 is 1.07 bits per heavy atom. The molecule has 0 N–H and O–H groups in total. The van der Waals surface area contributed by atoms with Gasteiger partial charge in [-0.2, -0.15) is 0 Å². The maximum Gasteiger partial charge on any atom is 0.143 e. The van der Waals surface area contributed by atoms with Gasteiger partial charge in [0.25, 0.3) is 0 Å². The normalized spacial score (nSPS) is 15.3. The van der Waals surface area contributed by atoms with Crippen molar-refractivity contribution >= 4 is 82.4 Å². The van der Waals surface area contributed by atoms with E-state index in [1.165, 1.54) is 4.90 Å². The van der Waals surface area contributed by atoms with E-state index in [2.05, 4.69) is 0 Å². The van der Waals surface area contributed by atoms with Crippen LogP contribution in [-0.2, 0) is 0 Å². The van der Waals surface area contributed by atoms with Gasteiger partial charge in [0, 0.05) is 38.5 Å². The van der Waals surface area contributed by atoms with Gasteiger partial charge in [0.05, 0.1) is 48.4 Å². The van der Waals surface area contributed by atoms with Crippen LogP contribution in [0.1, 0.15) is 20.6 Å². The van der Waals surface area contributed by atoms with E-state index in [1.54, 1.807) is 30.3 Å². The lowest BCUT2D eigenvalue weighted by atomic mass is 10.00. The molecule has 3 heteroatoms. The third kappa shape index (κ3) is 5.36. The maximum atomic E-state index is 9.94. The Labute approximate surface area is 362 Å². The summed E-state index contributed by atoms with van der Waals surface area (Å²) < 4.78 is 148. The van der Waals surface area contributed by atoms with E-state index >= 15 is 0 Å². The largest absolute Gasteiger partial charge is 0.455 e. The number of furan rings is 1. The second-order valence-corrected chi connectivity index (χ2v) is 14.1. The van der Waals surface area contributed by atoms with Gasteiger partial charge < -0.3 is 13.9 Å². The summed E-state index contributed by atoms with van der Waals surface area (Å²) in [6.07, 6.45) is 0. The SMILES string of the molecule is [2H]c1c([2H])c(N(c2c([2H])c([2H])c(-c3c([2H])c([2H])c4c([2H])c([2H])c([2H])c([2H])c4c3[2H])c([2H])c2[2H])c2cccc3oc4c5ccccc5ccc4c23)c([2H])c([2H])c1-c1ccccc1-n1c2ccccc2c2ccccc21. The van der Waals surface area contributed by atoms with Crippen LogP contribution in [0, 0.1) is 0 Å². The zero-order valence-corrected chi connectivity index (χ0v) is 30.9. The first-order valence-electron chi connectivity index (χ1n) is 26.5. The fourth-order valence-electron chi connectivity index (χ4n) is 8.14. The quantitative estimate of drug-likeness (QED) is 0.168. The van der Waals surface area contributed by atoms with Crippen LogP contribution in [0.25, 0.3) is 93.2 Å². The van der Waals surface area contributed by atoms with Crippen molar-refractivity contribution in [1.82, 2.24) is 4.57 Å². The van der Waals surface area contributed by atoms with Crippen LogP contribution < -0.4 is 4.90 Å². The van der Waals surface area contributed by atoms with E-state index in [9.17, 15) is 12.3 Å². The summed E-state index contributed by atoms with van der Waals surface area (Å²) in [4.78, 5) is 1.18. The number of nitrogens with zero attached hydrogens (tertiary/aromatic N) is 2. The summed E-state index contributed by atoms with van der Waals surface area (Å²) in [5, 5.41) is 3.65. The highest BCUT2D eigenvalue weighted by Gasteiger charge is 2.21. The first kappa shape index (κ1) is 21.6. The van der Waals surface area contributed by atoms with Crippen LogP contribution in [0.2, 0.25) is 0 Å². The van der Waals surface area contributed by atoms with Gasteiger partial charge in [-0.05, 0) is 99.5 Å². The molecule has 0 saturated heterocycles. The molecule has 0 aliphatic carbocycles. The minimum atomic E-state index is -0.810. The second kappa shape index (κ2) is 13.4. The van der Waals surface area contributed by atoms with Crippen molar-refractivity contribution < 1.29 is 25.0 Å². The molecule has 0 spiro atoms. The lowest BCUT2D eigenvalue weighted by molar-refractivity contribution is 0.672. The van der Waals surface area contributed by atoms with Gasteiger partial charge in [-0.15, -0.1) is 0 Å². The van der Waals surface area contributed by atoms with E-state index < -0.39 is 124 Å². The zero-order chi connectivity index (χ0) is 51.9. The average molecular weight is 768 g/mol. The van der Waals surface area contributed by atoms with E-state index in [4.69, 9.17) is 12.6 Å². The number of aromatic nitrogens is 1. The summed E-state index contributed by atoms with van der Waals surface area (Å²) in [6.45, 7) is 0. The molecule has 0 atom stereocenters. The summed E-state index contributed by atoms with van der Waals surface area (Å²) in [7, 11) is 0. The van der Waals surface area contributed by atoms with Crippen molar-refractivity contribution in [1.29, 1.82) is 0 Å². The fraction of sp³-hybridized carbons (Fsp3) is 0. The number of fused-ring (bicyclic) bond motifs is 9. The van der Waals surface area contributed by atoms with E-state index in [-0.39, 0.29) is 11.3 Å². The molecule has 2 aromatic heterocycles. The smallest absolute Gasteiger partial charge is 0.143 e. The molecule has 12 aromatic rings. The molecule has 0 unspecified atom stereocenters. The molecule has 0 bridgehead atoms. The number of hydrogen-bond donors (Lipinski definition) is 0.